The van der Waals surface area contributed by atoms with E-state index in [0.717, 1.165) is 31.7 Å². The van der Waals surface area contributed by atoms with Crippen LogP contribution in [0.25, 0.3) is 0 Å². The molecule has 0 unspecified atom stereocenters. The maximum Gasteiger partial charge on any atom is 0.242 e. The van der Waals surface area contributed by atoms with Crippen molar-refractivity contribution in [1.82, 2.24) is 14.5 Å². The molecule has 2 aromatic rings. The molecule has 2 heterocycles. The molecular formula is C16H19FN4O. The lowest BCUT2D eigenvalue weighted by molar-refractivity contribution is -0.131. The molecule has 1 fully saturated rings. The number of amides is 1. The first-order chi connectivity index (χ1) is 10.7. The van der Waals surface area contributed by atoms with Crippen LogP contribution in [0, 0.1) is 5.82 Å². The van der Waals surface area contributed by atoms with Crippen molar-refractivity contribution in [2.45, 2.75) is 13.0 Å². The monoisotopic (exact) mass is 302 g/mol. The third kappa shape index (κ3) is 3.44. The van der Waals surface area contributed by atoms with E-state index in [1.165, 1.54) is 12.1 Å². The Morgan fingerprint density at radius 2 is 1.95 bits per heavy atom. The molecule has 116 valence electrons. The summed E-state index contributed by atoms with van der Waals surface area (Å²) in [5.74, 6) is -0.116. The quantitative estimate of drug-likeness (QED) is 0.867. The summed E-state index contributed by atoms with van der Waals surface area (Å²) in [6.07, 6.45) is 6.03. The lowest BCUT2D eigenvalue weighted by atomic mass is 10.2. The van der Waals surface area contributed by atoms with Gasteiger partial charge in [-0.15, -0.1) is 0 Å². The largest absolute Gasteiger partial charge is 0.370 e. The van der Waals surface area contributed by atoms with Gasteiger partial charge in [0.2, 0.25) is 5.91 Å². The highest BCUT2D eigenvalue weighted by Gasteiger charge is 2.19. The number of imidazole rings is 1. The molecule has 1 saturated heterocycles. The molecule has 0 radical (unpaired) electrons. The van der Waals surface area contributed by atoms with Crippen LogP contribution in [0.4, 0.5) is 10.1 Å². The minimum Gasteiger partial charge on any atom is -0.370 e. The van der Waals surface area contributed by atoms with Crippen LogP contribution in [-0.4, -0.2) is 46.5 Å². The first-order valence-corrected chi connectivity index (χ1v) is 7.46. The molecular weight excluding hydrogens is 283 g/mol. The first-order valence-electron chi connectivity index (χ1n) is 7.46. The fraction of sp³-hybridized carbons (Fsp3) is 0.375. The van der Waals surface area contributed by atoms with Gasteiger partial charge in [0.05, 0.1) is 6.33 Å². The zero-order valence-corrected chi connectivity index (χ0v) is 12.4. The van der Waals surface area contributed by atoms with E-state index < -0.39 is 0 Å². The van der Waals surface area contributed by atoms with Gasteiger partial charge in [0.15, 0.2) is 0 Å². The Balaban J connectivity index is 1.59. The smallest absolute Gasteiger partial charge is 0.242 e. The Labute approximate surface area is 129 Å². The molecule has 1 aliphatic heterocycles. The highest BCUT2D eigenvalue weighted by Crippen LogP contribution is 2.17. The zero-order valence-electron chi connectivity index (χ0n) is 12.4. The van der Waals surface area contributed by atoms with E-state index in [4.69, 9.17) is 0 Å². The van der Waals surface area contributed by atoms with Crippen LogP contribution in [0.5, 0.6) is 0 Å². The Morgan fingerprint density at radius 1 is 1.14 bits per heavy atom. The van der Waals surface area contributed by atoms with Gasteiger partial charge in [-0.3, -0.25) is 4.79 Å². The summed E-state index contributed by atoms with van der Waals surface area (Å²) >= 11 is 0. The van der Waals surface area contributed by atoms with Gasteiger partial charge in [0.1, 0.15) is 12.4 Å². The maximum absolute atomic E-state index is 13.0. The van der Waals surface area contributed by atoms with Crippen molar-refractivity contribution < 1.29 is 9.18 Å². The highest BCUT2D eigenvalue weighted by atomic mass is 19.1. The van der Waals surface area contributed by atoms with Crippen LogP contribution < -0.4 is 4.90 Å². The Hall–Kier alpha value is -2.37. The molecule has 3 rings (SSSR count). The molecule has 0 aliphatic carbocycles. The van der Waals surface area contributed by atoms with E-state index in [1.54, 1.807) is 35.4 Å². The van der Waals surface area contributed by atoms with Crippen molar-refractivity contribution >= 4 is 11.6 Å². The zero-order chi connectivity index (χ0) is 15.4. The number of anilines is 1. The minimum absolute atomic E-state index is 0.110. The van der Waals surface area contributed by atoms with Gasteiger partial charge in [-0.05, 0) is 30.7 Å². The molecule has 0 bridgehead atoms. The molecule has 6 heteroatoms. The summed E-state index contributed by atoms with van der Waals surface area (Å²) in [4.78, 5) is 20.4. The number of halogens is 1. The van der Waals surface area contributed by atoms with Crippen LogP contribution in [0.2, 0.25) is 0 Å². The van der Waals surface area contributed by atoms with E-state index in [2.05, 4.69) is 9.88 Å². The molecule has 0 atom stereocenters. The summed E-state index contributed by atoms with van der Waals surface area (Å²) in [6.45, 7) is 3.41. The average molecular weight is 302 g/mol. The van der Waals surface area contributed by atoms with Crippen LogP contribution in [-0.2, 0) is 11.3 Å². The van der Waals surface area contributed by atoms with Gasteiger partial charge < -0.3 is 14.4 Å². The fourth-order valence-electron chi connectivity index (χ4n) is 2.71. The lowest BCUT2D eigenvalue weighted by Crippen LogP contribution is -2.37. The number of carbonyl (C=O) groups excluding carboxylic acids is 1. The third-order valence-electron chi connectivity index (χ3n) is 3.92. The first kappa shape index (κ1) is 14.6. The van der Waals surface area contributed by atoms with E-state index in [9.17, 15) is 9.18 Å². The summed E-state index contributed by atoms with van der Waals surface area (Å²) in [5, 5.41) is 0. The van der Waals surface area contributed by atoms with E-state index >= 15 is 0 Å². The van der Waals surface area contributed by atoms with Crippen molar-refractivity contribution in [2.24, 2.45) is 0 Å². The van der Waals surface area contributed by atoms with Gasteiger partial charge in [0.25, 0.3) is 0 Å². The Morgan fingerprint density at radius 3 is 2.68 bits per heavy atom. The van der Waals surface area contributed by atoms with Crippen LogP contribution in [0.3, 0.4) is 0 Å². The SMILES string of the molecule is O=C(Cn1ccnc1)N1CCCN(c2ccc(F)cc2)CC1. The minimum atomic E-state index is -0.226. The fourth-order valence-corrected chi connectivity index (χ4v) is 2.71. The van der Waals surface area contributed by atoms with Gasteiger partial charge in [-0.25, -0.2) is 9.37 Å². The molecule has 0 saturated carbocycles. The second-order valence-electron chi connectivity index (χ2n) is 5.43. The Bertz CT molecular complexity index is 612. The molecule has 1 aromatic carbocycles. The van der Waals surface area contributed by atoms with Crippen LogP contribution in [0.1, 0.15) is 6.42 Å². The summed E-state index contributed by atoms with van der Waals surface area (Å²) in [6, 6.07) is 6.53. The highest BCUT2D eigenvalue weighted by molar-refractivity contribution is 5.76. The molecule has 0 spiro atoms. The topological polar surface area (TPSA) is 41.4 Å². The standard InChI is InChI=1S/C16H19FN4O/c17-14-2-4-15(5-3-14)20-7-1-8-21(11-10-20)16(22)12-19-9-6-18-13-19/h2-6,9,13H,1,7-8,10-12H2. The van der Waals surface area contributed by atoms with Crippen LogP contribution in [0.15, 0.2) is 43.0 Å². The normalized spacial score (nSPS) is 15.7. The second-order valence-corrected chi connectivity index (χ2v) is 5.43. The Kier molecular flexibility index (Phi) is 4.37. The maximum atomic E-state index is 13.0. The van der Waals surface area contributed by atoms with E-state index in [-0.39, 0.29) is 11.7 Å². The van der Waals surface area contributed by atoms with Gasteiger partial charge >= 0.3 is 0 Å². The number of aromatic nitrogens is 2. The van der Waals surface area contributed by atoms with E-state index in [0.29, 0.717) is 13.1 Å². The van der Waals surface area contributed by atoms with Gasteiger partial charge in [0, 0.05) is 44.3 Å². The van der Waals surface area contributed by atoms with Crippen molar-refractivity contribution in [2.75, 3.05) is 31.1 Å². The van der Waals surface area contributed by atoms with Crippen molar-refractivity contribution in [3.63, 3.8) is 0 Å². The molecule has 0 N–H and O–H groups in total. The van der Waals surface area contributed by atoms with Crippen molar-refractivity contribution in [1.29, 1.82) is 0 Å². The third-order valence-corrected chi connectivity index (χ3v) is 3.92. The van der Waals surface area contributed by atoms with Crippen molar-refractivity contribution in [3.8, 4) is 0 Å². The van der Waals surface area contributed by atoms with Gasteiger partial charge in [-0.1, -0.05) is 0 Å². The average Bonchev–Trinajstić information content (AvgIpc) is 2.90. The van der Waals surface area contributed by atoms with Gasteiger partial charge in [-0.2, -0.15) is 0 Å². The number of rotatable bonds is 3. The summed E-state index contributed by atoms with van der Waals surface area (Å²) in [7, 11) is 0. The predicted octanol–water partition coefficient (Wildman–Crippen LogP) is 1.76. The molecule has 1 amide bonds. The van der Waals surface area contributed by atoms with Crippen LogP contribution >= 0.6 is 0 Å². The summed E-state index contributed by atoms with van der Waals surface area (Å²) < 4.78 is 14.8. The predicted molar refractivity (Wildman–Crippen MR) is 82.0 cm³/mol. The second kappa shape index (κ2) is 6.60. The molecule has 5 nitrogen and oxygen atoms in total. The molecule has 1 aliphatic rings. The summed E-state index contributed by atoms with van der Waals surface area (Å²) in [5.41, 5.74) is 1.00. The number of carbonyl (C=O) groups is 1. The number of nitrogens with zero attached hydrogens (tertiary/aromatic N) is 4. The molecule has 1 aromatic heterocycles. The number of hydrogen-bond donors (Lipinski definition) is 0. The molecule has 22 heavy (non-hydrogen) atoms. The van der Waals surface area contributed by atoms with Crippen molar-refractivity contribution in [3.05, 3.63) is 48.8 Å². The number of benzene rings is 1. The number of hydrogen-bond acceptors (Lipinski definition) is 3. The lowest BCUT2D eigenvalue weighted by Gasteiger charge is -2.23. The van der Waals surface area contributed by atoms with E-state index in [1.807, 2.05) is 4.90 Å².